The van der Waals surface area contributed by atoms with E-state index in [-0.39, 0.29) is 0 Å². The molecule has 0 spiro atoms. The highest BCUT2D eigenvalue weighted by atomic mass is 32.1. The van der Waals surface area contributed by atoms with Crippen LogP contribution in [0.5, 0.6) is 28.7 Å². The summed E-state index contributed by atoms with van der Waals surface area (Å²) in [7, 11) is 8.15. The third kappa shape index (κ3) is 6.31. The third-order valence-electron chi connectivity index (χ3n) is 6.66. The van der Waals surface area contributed by atoms with E-state index in [2.05, 4.69) is 28.2 Å². The number of thiocarbonyl (C=S) groups is 1. The van der Waals surface area contributed by atoms with Gasteiger partial charge in [0.1, 0.15) is 11.5 Å². The number of fused-ring (bicyclic) bond motifs is 1. The quantitative estimate of drug-likeness (QED) is 0.222. The SMILES string of the molecule is COc1cccc(NC(=S)N(CCc2c(C)[nH]c3ccc(OC)cc23)Cc2cc(OC)c(OC)c(OC)c2)c1. The molecule has 0 aliphatic rings. The molecule has 0 aliphatic heterocycles. The fourth-order valence-corrected chi connectivity index (χ4v) is 4.93. The number of H-pyrrole nitrogens is 1. The fourth-order valence-electron chi connectivity index (χ4n) is 4.66. The second kappa shape index (κ2) is 12.6. The fraction of sp³-hybridized carbons (Fsp3) is 0.300. The first-order valence-electron chi connectivity index (χ1n) is 12.5. The summed E-state index contributed by atoms with van der Waals surface area (Å²) in [5.74, 6) is 3.32. The number of aryl methyl sites for hydroxylation is 1. The molecule has 9 heteroatoms. The molecule has 0 saturated carbocycles. The van der Waals surface area contributed by atoms with Gasteiger partial charge in [0.25, 0.3) is 0 Å². The van der Waals surface area contributed by atoms with Crippen LogP contribution in [0.1, 0.15) is 16.8 Å². The van der Waals surface area contributed by atoms with Gasteiger partial charge in [0.2, 0.25) is 5.75 Å². The maximum Gasteiger partial charge on any atom is 0.203 e. The summed E-state index contributed by atoms with van der Waals surface area (Å²) in [6, 6.07) is 17.7. The average molecular weight is 550 g/mol. The second-order valence-electron chi connectivity index (χ2n) is 9.01. The largest absolute Gasteiger partial charge is 0.497 e. The lowest BCUT2D eigenvalue weighted by molar-refractivity contribution is 0.322. The minimum absolute atomic E-state index is 0.525. The van der Waals surface area contributed by atoms with Crippen LogP contribution in [0.15, 0.2) is 54.6 Å². The van der Waals surface area contributed by atoms with Gasteiger partial charge in [0.05, 0.1) is 35.5 Å². The Morgan fingerprint density at radius 1 is 0.846 bits per heavy atom. The van der Waals surface area contributed by atoms with E-state index < -0.39 is 0 Å². The van der Waals surface area contributed by atoms with Crippen molar-refractivity contribution >= 4 is 33.9 Å². The molecule has 4 rings (SSSR count). The Hall–Kier alpha value is -4.11. The monoisotopic (exact) mass is 549 g/mol. The van der Waals surface area contributed by atoms with Crippen LogP contribution in [0.3, 0.4) is 0 Å². The summed E-state index contributed by atoms with van der Waals surface area (Å²) < 4.78 is 27.5. The molecule has 0 amide bonds. The minimum atomic E-state index is 0.525. The lowest BCUT2D eigenvalue weighted by Gasteiger charge is -2.27. The van der Waals surface area contributed by atoms with Gasteiger partial charge in [-0.05, 0) is 79.2 Å². The molecule has 0 bridgehead atoms. The molecule has 2 N–H and O–H groups in total. The maximum absolute atomic E-state index is 5.93. The lowest BCUT2D eigenvalue weighted by Crippen LogP contribution is -2.36. The van der Waals surface area contributed by atoms with E-state index in [0.29, 0.717) is 35.5 Å². The smallest absolute Gasteiger partial charge is 0.203 e. The zero-order chi connectivity index (χ0) is 27.9. The first kappa shape index (κ1) is 27.9. The number of nitrogens with one attached hydrogen (secondary N) is 2. The Morgan fingerprint density at radius 3 is 2.18 bits per heavy atom. The van der Waals surface area contributed by atoms with Crippen molar-refractivity contribution in [2.75, 3.05) is 47.4 Å². The topological polar surface area (TPSA) is 77.2 Å². The van der Waals surface area contributed by atoms with Gasteiger partial charge >= 0.3 is 0 Å². The van der Waals surface area contributed by atoms with E-state index in [9.17, 15) is 0 Å². The van der Waals surface area contributed by atoms with Crippen molar-refractivity contribution in [3.05, 3.63) is 71.4 Å². The Balaban J connectivity index is 1.65. The van der Waals surface area contributed by atoms with Crippen LogP contribution in [0.2, 0.25) is 0 Å². The Bertz CT molecular complexity index is 1430. The highest BCUT2D eigenvalue weighted by molar-refractivity contribution is 7.80. The number of hydrogen-bond acceptors (Lipinski definition) is 6. The molecular formula is C30H35N3O5S. The first-order valence-corrected chi connectivity index (χ1v) is 13.0. The van der Waals surface area contributed by atoms with E-state index in [0.717, 1.165) is 45.8 Å². The molecule has 0 aliphatic carbocycles. The van der Waals surface area contributed by atoms with Crippen LogP contribution in [0, 0.1) is 6.92 Å². The van der Waals surface area contributed by atoms with Crippen molar-refractivity contribution in [1.29, 1.82) is 0 Å². The van der Waals surface area contributed by atoms with Crippen LogP contribution >= 0.6 is 12.2 Å². The molecule has 39 heavy (non-hydrogen) atoms. The molecule has 206 valence electrons. The van der Waals surface area contributed by atoms with Gasteiger partial charge in [0, 0.05) is 41.4 Å². The molecule has 0 atom stereocenters. The molecular weight excluding hydrogens is 514 g/mol. The molecule has 8 nitrogen and oxygen atoms in total. The Labute approximate surface area is 234 Å². The predicted octanol–water partition coefficient (Wildman–Crippen LogP) is 5.96. The number of rotatable bonds is 11. The van der Waals surface area contributed by atoms with Crippen molar-refractivity contribution in [3.63, 3.8) is 0 Å². The summed E-state index contributed by atoms with van der Waals surface area (Å²) in [5.41, 5.74) is 5.25. The molecule has 0 fully saturated rings. The highest BCUT2D eigenvalue weighted by Crippen LogP contribution is 2.38. The molecule has 4 aromatic rings. The van der Waals surface area contributed by atoms with Crippen LogP contribution in [0.4, 0.5) is 5.69 Å². The molecule has 1 aromatic heterocycles. The van der Waals surface area contributed by atoms with Crippen molar-refractivity contribution in [2.24, 2.45) is 0 Å². The second-order valence-corrected chi connectivity index (χ2v) is 9.39. The van der Waals surface area contributed by atoms with Crippen LogP contribution < -0.4 is 29.0 Å². The van der Waals surface area contributed by atoms with Gasteiger partial charge in [-0.2, -0.15) is 0 Å². The highest BCUT2D eigenvalue weighted by Gasteiger charge is 2.18. The average Bonchev–Trinajstić information content (AvgIpc) is 3.28. The number of anilines is 1. The van der Waals surface area contributed by atoms with E-state index in [1.807, 2.05) is 48.5 Å². The maximum atomic E-state index is 5.93. The molecule has 1 heterocycles. The summed E-state index contributed by atoms with van der Waals surface area (Å²) in [6.45, 7) is 3.28. The van der Waals surface area contributed by atoms with E-state index >= 15 is 0 Å². The van der Waals surface area contributed by atoms with E-state index in [1.54, 1.807) is 35.5 Å². The summed E-state index contributed by atoms with van der Waals surface area (Å²) in [6.07, 6.45) is 0.767. The van der Waals surface area contributed by atoms with Gasteiger partial charge < -0.3 is 38.9 Å². The Morgan fingerprint density at radius 2 is 1.54 bits per heavy atom. The van der Waals surface area contributed by atoms with Gasteiger partial charge in [-0.3, -0.25) is 0 Å². The van der Waals surface area contributed by atoms with Crippen LogP contribution in [-0.4, -0.2) is 57.1 Å². The van der Waals surface area contributed by atoms with Gasteiger partial charge in [-0.1, -0.05) is 6.07 Å². The van der Waals surface area contributed by atoms with Gasteiger partial charge in [-0.25, -0.2) is 0 Å². The number of nitrogens with zero attached hydrogens (tertiary/aromatic N) is 1. The molecule has 0 saturated heterocycles. The number of aromatic nitrogens is 1. The summed E-state index contributed by atoms with van der Waals surface area (Å²) >= 11 is 5.93. The minimum Gasteiger partial charge on any atom is -0.497 e. The van der Waals surface area contributed by atoms with Crippen LogP contribution in [-0.2, 0) is 13.0 Å². The van der Waals surface area contributed by atoms with E-state index in [1.165, 1.54) is 5.56 Å². The zero-order valence-corrected chi connectivity index (χ0v) is 24.0. The molecule has 0 unspecified atom stereocenters. The standard InChI is InChI=1S/C30H35N3O5S/c1-19-24(25-17-23(35-3)10-11-26(25)31-19)12-13-33(30(39)32-21-8-7-9-22(16-21)34-2)18-20-14-27(36-4)29(38-6)28(15-20)37-5/h7-11,14-17,31H,12-13,18H2,1-6H3,(H,32,39). The Kier molecular flexibility index (Phi) is 9.03. The van der Waals surface area contributed by atoms with Gasteiger partial charge in [0.15, 0.2) is 16.6 Å². The third-order valence-corrected chi connectivity index (χ3v) is 7.02. The first-order chi connectivity index (χ1) is 18.9. The van der Waals surface area contributed by atoms with Crippen LogP contribution in [0.25, 0.3) is 10.9 Å². The lowest BCUT2D eigenvalue weighted by atomic mass is 10.1. The van der Waals surface area contributed by atoms with Crippen molar-refractivity contribution in [1.82, 2.24) is 9.88 Å². The number of methoxy groups -OCH3 is 5. The number of aromatic amines is 1. The summed E-state index contributed by atoms with van der Waals surface area (Å²) in [4.78, 5) is 5.63. The zero-order valence-electron chi connectivity index (χ0n) is 23.2. The normalized spacial score (nSPS) is 10.7. The predicted molar refractivity (Wildman–Crippen MR) is 159 cm³/mol. The number of benzene rings is 3. The summed E-state index contributed by atoms with van der Waals surface area (Å²) in [5, 5.41) is 5.11. The van der Waals surface area contributed by atoms with Crippen molar-refractivity contribution in [3.8, 4) is 28.7 Å². The van der Waals surface area contributed by atoms with Crippen molar-refractivity contribution in [2.45, 2.75) is 19.9 Å². The molecule has 3 aromatic carbocycles. The number of hydrogen-bond donors (Lipinski definition) is 2. The van der Waals surface area contributed by atoms with E-state index in [4.69, 9.17) is 35.9 Å². The molecule has 0 radical (unpaired) electrons. The van der Waals surface area contributed by atoms with Crippen molar-refractivity contribution < 1.29 is 23.7 Å². The number of ether oxygens (including phenoxy) is 5. The van der Waals surface area contributed by atoms with Gasteiger partial charge in [-0.15, -0.1) is 0 Å².